The van der Waals surface area contributed by atoms with E-state index in [9.17, 15) is 4.79 Å². The summed E-state index contributed by atoms with van der Waals surface area (Å²) < 4.78 is 0. The van der Waals surface area contributed by atoms with Crippen molar-refractivity contribution in [1.82, 2.24) is 10.6 Å². The van der Waals surface area contributed by atoms with Crippen molar-refractivity contribution in [2.24, 2.45) is 41.4 Å². The zero-order chi connectivity index (χ0) is 13.9. The van der Waals surface area contributed by atoms with E-state index in [0.717, 1.165) is 42.1 Å². The first-order valence-corrected chi connectivity index (χ1v) is 8.66. The molecule has 0 heterocycles. The van der Waals surface area contributed by atoms with E-state index in [2.05, 4.69) is 24.5 Å². The fraction of sp³-hybridized carbons (Fsp3) is 0.941. The van der Waals surface area contributed by atoms with Gasteiger partial charge in [0.1, 0.15) is 0 Å². The standard InChI is InChI=1S/C17H28N2O/c1-9-3-10(2)5-11(4-9)8-18-17(20)19-16-12-6-13-14(7-12)15(13)16/h9-16H,3-8H2,1-2H3,(H2,18,19,20). The maximum Gasteiger partial charge on any atom is 0.315 e. The number of hydrogen-bond acceptors (Lipinski definition) is 1. The van der Waals surface area contributed by atoms with Crippen LogP contribution in [0.2, 0.25) is 0 Å². The number of rotatable bonds is 3. The quantitative estimate of drug-likeness (QED) is 0.817. The third-order valence-electron chi connectivity index (χ3n) is 6.60. The second-order valence-corrected chi connectivity index (χ2v) is 8.30. The molecule has 5 aliphatic rings. The second kappa shape index (κ2) is 4.64. The molecule has 5 aliphatic carbocycles. The zero-order valence-corrected chi connectivity index (χ0v) is 12.8. The molecule has 5 unspecified atom stereocenters. The van der Waals surface area contributed by atoms with E-state index < -0.39 is 0 Å². The van der Waals surface area contributed by atoms with Crippen LogP contribution in [0.3, 0.4) is 0 Å². The Hall–Kier alpha value is -0.730. The molecule has 0 aromatic carbocycles. The lowest BCUT2D eigenvalue weighted by molar-refractivity contribution is 0.205. The van der Waals surface area contributed by atoms with Crippen molar-refractivity contribution in [3.63, 3.8) is 0 Å². The third-order valence-corrected chi connectivity index (χ3v) is 6.60. The Morgan fingerprint density at radius 3 is 2.20 bits per heavy atom. The molecule has 0 spiro atoms. The lowest BCUT2D eigenvalue weighted by Crippen LogP contribution is -2.45. The van der Waals surface area contributed by atoms with Gasteiger partial charge in [0.2, 0.25) is 0 Å². The molecule has 0 aromatic heterocycles. The molecule has 5 atom stereocenters. The third kappa shape index (κ3) is 2.14. The largest absolute Gasteiger partial charge is 0.338 e. The van der Waals surface area contributed by atoms with Gasteiger partial charge in [0.05, 0.1) is 0 Å². The summed E-state index contributed by atoms with van der Waals surface area (Å²) in [4.78, 5) is 12.1. The molecular weight excluding hydrogens is 248 g/mol. The van der Waals surface area contributed by atoms with Crippen molar-refractivity contribution in [2.75, 3.05) is 6.54 Å². The van der Waals surface area contributed by atoms with Crippen molar-refractivity contribution in [3.8, 4) is 0 Å². The molecule has 5 saturated carbocycles. The Morgan fingerprint density at radius 2 is 1.65 bits per heavy atom. The van der Waals surface area contributed by atoms with Crippen LogP contribution in [-0.4, -0.2) is 18.6 Å². The first-order chi connectivity index (χ1) is 9.61. The van der Waals surface area contributed by atoms with Gasteiger partial charge in [-0.15, -0.1) is 0 Å². The number of hydrogen-bond donors (Lipinski definition) is 2. The van der Waals surface area contributed by atoms with Crippen LogP contribution in [-0.2, 0) is 0 Å². The summed E-state index contributed by atoms with van der Waals surface area (Å²) in [5.74, 6) is 5.93. The van der Waals surface area contributed by atoms with Crippen molar-refractivity contribution in [1.29, 1.82) is 0 Å². The molecule has 2 N–H and O–H groups in total. The Balaban J connectivity index is 1.23. The Morgan fingerprint density at radius 1 is 1.00 bits per heavy atom. The molecule has 112 valence electrons. The summed E-state index contributed by atoms with van der Waals surface area (Å²) in [6, 6.07) is 0.605. The first-order valence-electron chi connectivity index (χ1n) is 8.66. The van der Waals surface area contributed by atoms with Gasteiger partial charge in [-0.25, -0.2) is 4.79 Å². The molecular formula is C17H28N2O. The molecule has 0 radical (unpaired) electrons. The van der Waals surface area contributed by atoms with Gasteiger partial charge in [0.15, 0.2) is 0 Å². The average Bonchev–Trinajstić information content (AvgIpc) is 2.75. The zero-order valence-electron chi connectivity index (χ0n) is 12.8. The molecule has 4 bridgehead atoms. The number of nitrogens with one attached hydrogen (secondary N) is 2. The minimum atomic E-state index is 0.0964. The SMILES string of the molecule is CC1CC(C)CC(CNC(=O)NC2C3CC4C(C3)C42)C1. The summed E-state index contributed by atoms with van der Waals surface area (Å²) in [5, 5.41) is 6.42. The van der Waals surface area contributed by atoms with Crippen molar-refractivity contribution in [2.45, 2.75) is 52.0 Å². The first kappa shape index (κ1) is 13.0. The van der Waals surface area contributed by atoms with Crippen LogP contribution in [0.25, 0.3) is 0 Å². The van der Waals surface area contributed by atoms with Gasteiger partial charge in [-0.05, 0) is 73.5 Å². The van der Waals surface area contributed by atoms with Gasteiger partial charge in [0, 0.05) is 12.6 Å². The maximum absolute atomic E-state index is 12.1. The molecule has 3 heteroatoms. The van der Waals surface area contributed by atoms with Gasteiger partial charge >= 0.3 is 6.03 Å². The van der Waals surface area contributed by atoms with Gasteiger partial charge in [-0.1, -0.05) is 13.8 Å². The molecule has 3 nitrogen and oxygen atoms in total. The summed E-state index contributed by atoms with van der Waals surface area (Å²) in [6.45, 7) is 5.57. The second-order valence-electron chi connectivity index (χ2n) is 8.30. The van der Waals surface area contributed by atoms with Crippen molar-refractivity contribution in [3.05, 3.63) is 0 Å². The van der Waals surface area contributed by atoms with E-state index in [1.165, 1.54) is 32.1 Å². The van der Waals surface area contributed by atoms with Crippen LogP contribution in [0.15, 0.2) is 0 Å². The van der Waals surface area contributed by atoms with Crippen LogP contribution in [0.4, 0.5) is 4.79 Å². The van der Waals surface area contributed by atoms with Crippen LogP contribution >= 0.6 is 0 Å². The summed E-state index contributed by atoms with van der Waals surface area (Å²) >= 11 is 0. The predicted molar refractivity (Wildman–Crippen MR) is 79.2 cm³/mol. The summed E-state index contributed by atoms with van der Waals surface area (Å²) in [5.41, 5.74) is 0. The van der Waals surface area contributed by atoms with Crippen molar-refractivity contribution < 1.29 is 4.79 Å². The molecule has 0 aliphatic heterocycles. The molecule has 0 saturated heterocycles. The fourth-order valence-corrected chi connectivity index (χ4v) is 6.01. The smallest absolute Gasteiger partial charge is 0.315 e. The van der Waals surface area contributed by atoms with Crippen LogP contribution in [0, 0.1) is 41.4 Å². The molecule has 20 heavy (non-hydrogen) atoms. The van der Waals surface area contributed by atoms with Gasteiger partial charge < -0.3 is 10.6 Å². The minimum absolute atomic E-state index is 0.0964. The lowest BCUT2D eigenvalue weighted by Gasteiger charge is -2.31. The Bertz CT molecular complexity index is 386. The van der Waals surface area contributed by atoms with E-state index in [4.69, 9.17) is 0 Å². The highest BCUT2D eigenvalue weighted by Crippen LogP contribution is 2.70. The Kier molecular flexibility index (Phi) is 3.01. The Labute approximate surface area is 122 Å². The number of amides is 2. The van der Waals surface area contributed by atoms with E-state index in [1.54, 1.807) is 0 Å². The number of urea groups is 1. The normalized spacial score (nSPS) is 51.9. The summed E-state index contributed by atoms with van der Waals surface area (Å²) in [7, 11) is 0. The predicted octanol–water partition coefficient (Wildman–Crippen LogP) is 3.01. The van der Waals surface area contributed by atoms with Crippen LogP contribution < -0.4 is 10.6 Å². The highest BCUT2D eigenvalue weighted by Gasteiger charge is 2.68. The van der Waals surface area contributed by atoms with Gasteiger partial charge in [-0.2, -0.15) is 0 Å². The molecule has 5 rings (SSSR count). The van der Waals surface area contributed by atoms with Gasteiger partial charge in [-0.3, -0.25) is 0 Å². The molecule has 0 aromatic rings. The monoisotopic (exact) mass is 276 g/mol. The van der Waals surface area contributed by atoms with E-state index in [0.29, 0.717) is 12.0 Å². The van der Waals surface area contributed by atoms with E-state index >= 15 is 0 Å². The van der Waals surface area contributed by atoms with Crippen LogP contribution in [0.5, 0.6) is 0 Å². The van der Waals surface area contributed by atoms with Gasteiger partial charge in [0.25, 0.3) is 0 Å². The summed E-state index contributed by atoms with van der Waals surface area (Å²) in [6.07, 6.45) is 6.69. The maximum atomic E-state index is 12.1. The van der Waals surface area contributed by atoms with E-state index in [-0.39, 0.29) is 6.03 Å². The highest BCUT2D eigenvalue weighted by molar-refractivity contribution is 5.74. The fourth-order valence-electron chi connectivity index (χ4n) is 6.01. The average molecular weight is 276 g/mol. The molecule has 5 fully saturated rings. The molecule has 2 amide bonds. The topological polar surface area (TPSA) is 41.1 Å². The lowest BCUT2D eigenvalue weighted by atomic mass is 9.77. The highest BCUT2D eigenvalue weighted by atomic mass is 16.2. The minimum Gasteiger partial charge on any atom is -0.338 e. The van der Waals surface area contributed by atoms with Crippen molar-refractivity contribution >= 4 is 6.03 Å². The van der Waals surface area contributed by atoms with E-state index in [1.807, 2.05) is 0 Å². The number of carbonyl (C=O) groups excluding carboxylic acids is 1. The van der Waals surface area contributed by atoms with Crippen LogP contribution in [0.1, 0.15) is 46.0 Å². The number of carbonyl (C=O) groups is 1.